The minimum atomic E-state index is -1.07. The van der Waals surface area contributed by atoms with Crippen LogP contribution >= 0.6 is 0 Å². The number of pyridine rings is 1. The molecule has 0 bridgehead atoms. The predicted octanol–water partition coefficient (Wildman–Crippen LogP) is 6.46. The van der Waals surface area contributed by atoms with E-state index in [-0.39, 0.29) is 11.7 Å². The molecule has 2 fully saturated rings. The number of halogens is 2. The zero-order valence-electron chi connectivity index (χ0n) is 17.0. The summed E-state index contributed by atoms with van der Waals surface area (Å²) in [5, 5.41) is 0. The van der Waals surface area contributed by atoms with E-state index in [1.165, 1.54) is 51.4 Å². The lowest BCUT2D eigenvalue weighted by atomic mass is 9.68. The van der Waals surface area contributed by atoms with Crippen molar-refractivity contribution in [2.75, 3.05) is 0 Å². The van der Waals surface area contributed by atoms with Crippen LogP contribution in [0.25, 0.3) is 0 Å². The van der Waals surface area contributed by atoms with Crippen LogP contribution in [0.4, 0.5) is 8.78 Å². The Balaban J connectivity index is 1.40. The van der Waals surface area contributed by atoms with Crippen molar-refractivity contribution < 1.29 is 18.3 Å². The number of aromatic nitrogens is 1. The highest BCUT2D eigenvalue weighted by Gasteiger charge is 2.33. The number of carbonyl (C=O) groups excluding carboxylic acids is 1. The summed E-state index contributed by atoms with van der Waals surface area (Å²) in [6.45, 7) is 2.26. The summed E-state index contributed by atoms with van der Waals surface area (Å²) < 4.78 is 31.6. The van der Waals surface area contributed by atoms with Crippen molar-refractivity contribution in [2.45, 2.75) is 84.0 Å². The number of ether oxygens (including phenoxy) is 1. The van der Waals surface area contributed by atoms with Gasteiger partial charge in [0, 0.05) is 0 Å². The van der Waals surface area contributed by atoms with Crippen LogP contribution in [0, 0.1) is 35.6 Å². The molecule has 1 aromatic heterocycles. The van der Waals surface area contributed by atoms with Crippen LogP contribution in [-0.2, 0) is 4.79 Å². The molecule has 0 atom stereocenters. The smallest absolute Gasteiger partial charge is 0.314 e. The molecule has 2 aliphatic carbocycles. The number of carbonyl (C=O) groups is 1. The van der Waals surface area contributed by atoms with Gasteiger partial charge in [-0.1, -0.05) is 45.4 Å². The molecule has 0 N–H and O–H groups in total. The van der Waals surface area contributed by atoms with Crippen LogP contribution in [0.2, 0.25) is 0 Å². The van der Waals surface area contributed by atoms with E-state index in [0.29, 0.717) is 5.92 Å². The average Bonchev–Trinajstić information content (AvgIpc) is 2.71. The van der Waals surface area contributed by atoms with Gasteiger partial charge in [0.2, 0.25) is 5.95 Å². The molecule has 156 valence electrons. The van der Waals surface area contributed by atoms with Crippen molar-refractivity contribution in [2.24, 2.45) is 23.7 Å². The Bertz CT molecular complexity index is 635. The minimum absolute atomic E-state index is 0.189. The maximum Gasteiger partial charge on any atom is 0.314 e. The quantitative estimate of drug-likeness (QED) is 0.303. The summed E-state index contributed by atoms with van der Waals surface area (Å²) in [4.78, 5) is 15.4. The summed E-state index contributed by atoms with van der Waals surface area (Å²) in [7, 11) is 0. The predicted molar refractivity (Wildman–Crippen MR) is 105 cm³/mol. The Kier molecular flexibility index (Phi) is 7.81. The highest BCUT2D eigenvalue weighted by Crippen LogP contribution is 2.42. The molecule has 3 nitrogen and oxygen atoms in total. The summed E-state index contributed by atoms with van der Waals surface area (Å²) >= 11 is 0. The Morgan fingerprint density at radius 2 is 1.64 bits per heavy atom. The Morgan fingerprint density at radius 1 is 1.00 bits per heavy atom. The summed E-state index contributed by atoms with van der Waals surface area (Å²) in [5.74, 6) is -0.432. The molecule has 1 aromatic rings. The molecule has 2 saturated carbocycles. The fraction of sp³-hybridized carbons (Fsp3) is 0.739. The van der Waals surface area contributed by atoms with Gasteiger partial charge in [-0.15, -0.1) is 0 Å². The van der Waals surface area contributed by atoms with E-state index < -0.39 is 17.9 Å². The van der Waals surface area contributed by atoms with E-state index in [9.17, 15) is 13.6 Å². The SMILES string of the molecule is CCCCC[C@H]1CC[C@H](C2CCC(C(=O)Oc3ccc(F)nc3F)CC2)CC1. The second kappa shape index (κ2) is 10.3. The molecule has 0 amide bonds. The van der Waals surface area contributed by atoms with E-state index in [0.717, 1.165) is 49.7 Å². The van der Waals surface area contributed by atoms with Crippen molar-refractivity contribution in [3.8, 4) is 5.75 Å². The zero-order valence-corrected chi connectivity index (χ0v) is 17.0. The summed E-state index contributed by atoms with van der Waals surface area (Å²) in [5.41, 5.74) is 0. The third kappa shape index (κ3) is 5.74. The van der Waals surface area contributed by atoms with Gasteiger partial charge in [0.15, 0.2) is 5.75 Å². The van der Waals surface area contributed by atoms with Gasteiger partial charge in [-0.05, 0) is 68.4 Å². The molecular weight excluding hydrogens is 360 g/mol. The lowest BCUT2D eigenvalue weighted by molar-refractivity contribution is -0.140. The molecule has 0 radical (unpaired) electrons. The minimum Gasteiger partial charge on any atom is -0.421 e. The molecule has 0 unspecified atom stereocenters. The monoisotopic (exact) mass is 393 g/mol. The van der Waals surface area contributed by atoms with E-state index in [2.05, 4.69) is 11.9 Å². The van der Waals surface area contributed by atoms with Crippen LogP contribution < -0.4 is 4.74 Å². The van der Waals surface area contributed by atoms with Crippen LogP contribution in [0.15, 0.2) is 12.1 Å². The molecule has 0 spiro atoms. The maximum atomic E-state index is 13.6. The van der Waals surface area contributed by atoms with Gasteiger partial charge >= 0.3 is 5.97 Å². The first-order valence-electron chi connectivity index (χ1n) is 11.1. The Hall–Kier alpha value is -1.52. The van der Waals surface area contributed by atoms with Crippen LogP contribution in [0.5, 0.6) is 5.75 Å². The molecule has 1 heterocycles. The second-order valence-electron chi connectivity index (χ2n) is 8.73. The molecule has 3 rings (SSSR count). The number of unbranched alkanes of at least 4 members (excludes halogenated alkanes) is 2. The van der Waals surface area contributed by atoms with Crippen molar-refractivity contribution in [1.82, 2.24) is 4.98 Å². The summed E-state index contributed by atoms with van der Waals surface area (Å²) in [6, 6.07) is 2.13. The van der Waals surface area contributed by atoms with Gasteiger partial charge in [-0.25, -0.2) is 0 Å². The molecular formula is C23H33F2NO2. The van der Waals surface area contributed by atoms with Crippen LogP contribution in [0.1, 0.15) is 84.0 Å². The lowest BCUT2D eigenvalue weighted by Crippen LogP contribution is -2.30. The second-order valence-corrected chi connectivity index (χ2v) is 8.73. The first-order valence-corrected chi connectivity index (χ1v) is 11.1. The van der Waals surface area contributed by atoms with Crippen molar-refractivity contribution in [1.29, 1.82) is 0 Å². The highest BCUT2D eigenvalue weighted by atomic mass is 19.1. The fourth-order valence-corrected chi connectivity index (χ4v) is 5.12. The van der Waals surface area contributed by atoms with Gasteiger partial charge in [0.25, 0.3) is 5.95 Å². The van der Waals surface area contributed by atoms with E-state index in [4.69, 9.17) is 4.74 Å². The van der Waals surface area contributed by atoms with Crippen molar-refractivity contribution in [3.05, 3.63) is 24.0 Å². The molecule has 28 heavy (non-hydrogen) atoms. The Labute approximate surface area is 167 Å². The van der Waals surface area contributed by atoms with Crippen LogP contribution in [-0.4, -0.2) is 11.0 Å². The normalized spacial score (nSPS) is 28.1. The number of hydrogen-bond acceptors (Lipinski definition) is 3. The maximum absolute atomic E-state index is 13.6. The van der Waals surface area contributed by atoms with E-state index in [1.807, 2.05) is 0 Å². The van der Waals surface area contributed by atoms with Crippen LogP contribution in [0.3, 0.4) is 0 Å². The number of rotatable bonds is 7. The topological polar surface area (TPSA) is 39.2 Å². The van der Waals surface area contributed by atoms with E-state index in [1.54, 1.807) is 0 Å². The largest absolute Gasteiger partial charge is 0.421 e. The molecule has 0 aromatic carbocycles. The van der Waals surface area contributed by atoms with Gasteiger partial charge < -0.3 is 4.74 Å². The zero-order chi connectivity index (χ0) is 19.9. The lowest BCUT2D eigenvalue weighted by Gasteiger charge is -2.37. The first-order chi connectivity index (χ1) is 13.6. The highest BCUT2D eigenvalue weighted by molar-refractivity contribution is 5.75. The van der Waals surface area contributed by atoms with Gasteiger partial charge in [0.05, 0.1) is 5.92 Å². The van der Waals surface area contributed by atoms with Crippen molar-refractivity contribution >= 4 is 5.97 Å². The Morgan fingerprint density at radius 3 is 2.25 bits per heavy atom. The van der Waals surface area contributed by atoms with Crippen molar-refractivity contribution in [3.63, 3.8) is 0 Å². The standard InChI is InChI=1S/C23H33F2NO2/c1-2-3-4-5-16-6-8-17(9-7-16)18-10-12-19(13-11-18)23(27)28-20-14-15-21(24)26-22(20)25/h14-19H,2-13H2,1H3/t16-,17-,18?,19?. The summed E-state index contributed by atoms with van der Waals surface area (Å²) in [6.07, 6.45) is 14.5. The van der Waals surface area contributed by atoms with E-state index >= 15 is 0 Å². The number of hydrogen-bond donors (Lipinski definition) is 0. The first kappa shape index (κ1) is 21.2. The average molecular weight is 394 g/mol. The molecule has 2 aliphatic rings. The van der Waals surface area contributed by atoms with Gasteiger partial charge in [-0.3, -0.25) is 4.79 Å². The fourth-order valence-electron chi connectivity index (χ4n) is 5.12. The molecule has 0 aliphatic heterocycles. The molecule has 0 saturated heterocycles. The number of nitrogens with zero attached hydrogens (tertiary/aromatic N) is 1. The third-order valence-electron chi connectivity index (χ3n) is 6.87. The van der Waals surface area contributed by atoms with Gasteiger partial charge in [-0.2, -0.15) is 13.8 Å². The van der Waals surface area contributed by atoms with Gasteiger partial charge in [0.1, 0.15) is 0 Å². The molecule has 5 heteroatoms. The number of esters is 1. The third-order valence-corrected chi connectivity index (χ3v) is 6.87.